The summed E-state index contributed by atoms with van der Waals surface area (Å²) in [6, 6.07) is 11.0. The zero-order valence-corrected chi connectivity index (χ0v) is 28.3. The number of halogens is 5. The molecule has 2 aromatic heterocycles. The van der Waals surface area contributed by atoms with E-state index in [1.54, 1.807) is 0 Å². The van der Waals surface area contributed by atoms with Crippen molar-refractivity contribution in [3.63, 3.8) is 0 Å². The van der Waals surface area contributed by atoms with Gasteiger partial charge in [-0.3, -0.25) is 9.48 Å². The number of benzene rings is 3. The van der Waals surface area contributed by atoms with E-state index in [1.165, 1.54) is 70.3 Å². The molecule has 0 bridgehead atoms. The highest BCUT2D eigenvalue weighted by molar-refractivity contribution is 7.90. The number of aliphatic hydroxyl groups is 1. The quantitative estimate of drug-likeness (QED) is 0.166. The average molecular weight is 733 g/mol. The second-order valence-electron chi connectivity index (χ2n) is 12.1. The summed E-state index contributed by atoms with van der Waals surface area (Å²) in [6.07, 6.45) is -3.04. The van der Waals surface area contributed by atoms with Gasteiger partial charge in [-0.25, -0.2) is 17.8 Å². The van der Waals surface area contributed by atoms with Crippen LogP contribution in [0.3, 0.4) is 0 Å². The first kappa shape index (κ1) is 35.5. The molecule has 2 N–H and O–H groups in total. The maximum Gasteiger partial charge on any atom is 0.586 e. The Kier molecular flexibility index (Phi) is 8.70. The van der Waals surface area contributed by atoms with Gasteiger partial charge in [0.05, 0.1) is 17.2 Å². The Labute approximate surface area is 287 Å². The standard InChI is InChI=1S/C34H29F5N4O7S/c1-16(2)40-32(45)33(36,37)29-14-25(43(4)42-29)21-8-6-18(20-11-24(35)23(15-44)28(13-20)51(5,46)47)10-22(21)31-30(41-17(3)48-31)19-7-9-26-27(12-19)50-34(38,39)49-26/h6-14,16,44H,15H2,1-5H3,(H,40,45). The van der Waals surface area contributed by atoms with Crippen molar-refractivity contribution >= 4 is 15.7 Å². The number of alkyl halides is 4. The summed E-state index contributed by atoms with van der Waals surface area (Å²) in [6.45, 7) is 3.67. The van der Waals surface area contributed by atoms with E-state index in [-0.39, 0.29) is 62.4 Å². The van der Waals surface area contributed by atoms with Gasteiger partial charge in [-0.15, -0.1) is 8.78 Å². The molecule has 0 saturated carbocycles. The second kappa shape index (κ2) is 12.5. The van der Waals surface area contributed by atoms with Gasteiger partial charge in [0.15, 0.2) is 33.0 Å². The van der Waals surface area contributed by atoms with Crippen LogP contribution in [-0.2, 0) is 34.2 Å². The maximum absolute atomic E-state index is 15.3. The first-order valence-corrected chi connectivity index (χ1v) is 17.1. The number of nitrogens with one attached hydrogen (secondary N) is 1. The number of oxazole rings is 1. The van der Waals surface area contributed by atoms with E-state index in [4.69, 9.17) is 4.42 Å². The first-order valence-electron chi connectivity index (χ1n) is 15.2. The zero-order valence-electron chi connectivity index (χ0n) is 27.5. The highest BCUT2D eigenvalue weighted by Gasteiger charge is 2.45. The molecule has 11 nitrogen and oxygen atoms in total. The summed E-state index contributed by atoms with van der Waals surface area (Å²) in [5.74, 6) is -6.98. The normalized spacial score (nSPS) is 14.0. The third-order valence-electron chi connectivity index (χ3n) is 7.90. The molecule has 0 unspecified atom stereocenters. The summed E-state index contributed by atoms with van der Waals surface area (Å²) in [4.78, 5) is 16.4. The van der Waals surface area contributed by atoms with Gasteiger partial charge in [0.2, 0.25) is 0 Å². The third-order valence-corrected chi connectivity index (χ3v) is 9.06. The number of carbonyl (C=O) groups is 1. The van der Waals surface area contributed by atoms with Crippen molar-refractivity contribution in [2.75, 3.05) is 6.26 Å². The number of hydrogen-bond donors (Lipinski definition) is 2. The van der Waals surface area contributed by atoms with E-state index in [9.17, 15) is 27.1 Å². The fourth-order valence-electron chi connectivity index (χ4n) is 5.64. The maximum atomic E-state index is 15.3. The molecule has 1 aliphatic heterocycles. The number of aryl methyl sites for hydroxylation is 2. The van der Waals surface area contributed by atoms with Gasteiger partial charge in [-0.05, 0) is 67.4 Å². The number of aliphatic hydroxyl groups excluding tert-OH is 1. The van der Waals surface area contributed by atoms with Gasteiger partial charge < -0.3 is 24.3 Å². The highest BCUT2D eigenvalue weighted by atomic mass is 32.2. The molecule has 0 aliphatic carbocycles. The Morgan fingerprint density at radius 3 is 2.35 bits per heavy atom. The van der Waals surface area contributed by atoms with Gasteiger partial charge >= 0.3 is 12.2 Å². The van der Waals surface area contributed by atoms with Crippen LogP contribution in [0.25, 0.3) is 45.0 Å². The van der Waals surface area contributed by atoms with Crippen LogP contribution in [0.5, 0.6) is 11.5 Å². The van der Waals surface area contributed by atoms with Crippen LogP contribution >= 0.6 is 0 Å². The summed E-state index contributed by atoms with van der Waals surface area (Å²) in [5, 5.41) is 15.8. The second-order valence-corrected chi connectivity index (χ2v) is 14.1. The minimum atomic E-state index is -4.03. The number of nitrogens with zero attached hydrogens (tertiary/aromatic N) is 3. The number of hydrogen-bond acceptors (Lipinski definition) is 9. The Bertz CT molecular complexity index is 2320. The smallest absolute Gasteiger partial charge is 0.440 e. The van der Waals surface area contributed by atoms with Gasteiger partial charge in [-0.1, -0.05) is 12.1 Å². The first-order chi connectivity index (χ1) is 23.8. The molecule has 0 fully saturated rings. The SMILES string of the molecule is Cc1nc(-c2ccc3c(c2)OC(F)(F)O3)c(-c2cc(-c3cc(F)c(CO)c(S(C)(=O)=O)c3)ccc2-c2cc(C(F)(F)C(=O)NC(C)C)nn2C)o1. The van der Waals surface area contributed by atoms with Crippen molar-refractivity contribution in [2.45, 2.75) is 50.5 Å². The molecule has 1 aliphatic rings. The Morgan fingerprint density at radius 2 is 1.69 bits per heavy atom. The predicted octanol–water partition coefficient (Wildman–Crippen LogP) is 6.36. The van der Waals surface area contributed by atoms with E-state index in [2.05, 4.69) is 24.9 Å². The molecule has 0 saturated heterocycles. The molecule has 0 atom stereocenters. The van der Waals surface area contributed by atoms with Crippen LogP contribution in [0.4, 0.5) is 22.0 Å². The van der Waals surface area contributed by atoms with Crippen LogP contribution in [0.15, 0.2) is 63.9 Å². The molecule has 3 heterocycles. The number of fused-ring (bicyclic) bond motifs is 1. The Hall–Kier alpha value is -5.29. The van der Waals surface area contributed by atoms with Gasteiger partial charge in [0.1, 0.15) is 17.2 Å². The van der Waals surface area contributed by atoms with E-state index in [1.807, 2.05) is 0 Å². The molecule has 6 rings (SSSR count). The molecule has 51 heavy (non-hydrogen) atoms. The molecular weight excluding hydrogens is 703 g/mol. The summed E-state index contributed by atoms with van der Waals surface area (Å²) in [7, 11) is -2.64. The van der Waals surface area contributed by atoms with Crippen LogP contribution < -0.4 is 14.8 Å². The van der Waals surface area contributed by atoms with Crippen molar-refractivity contribution in [3.05, 3.63) is 77.6 Å². The number of aromatic nitrogens is 3. The highest BCUT2D eigenvalue weighted by Crippen LogP contribution is 2.46. The number of ether oxygens (including phenoxy) is 2. The van der Waals surface area contributed by atoms with Gasteiger partial charge in [0.25, 0.3) is 5.91 Å². The van der Waals surface area contributed by atoms with Crippen LogP contribution in [-0.4, -0.2) is 52.8 Å². The van der Waals surface area contributed by atoms with Crippen LogP contribution in [0, 0.1) is 12.7 Å². The topological polar surface area (TPSA) is 146 Å². The van der Waals surface area contributed by atoms with Gasteiger partial charge in [0, 0.05) is 48.5 Å². The number of sulfone groups is 1. The Balaban J connectivity index is 1.58. The summed E-state index contributed by atoms with van der Waals surface area (Å²) >= 11 is 0. The van der Waals surface area contributed by atoms with E-state index in [0.29, 0.717) is 0 Å². The summed E-state index contributed by atoms with van der Waals surface area (Å²) in [5.41, 5.74) is -0.201. The van der Waals surface area contributed by atoms with Crippen molar-refractivity contribution in [3.8, 4) is 56.5 Å². The zero-order chi connectivity index (χ0) is 37.2. The number of carbonyl (C=O) groups excluding carboxylic acids is 1. The molecule has 5 aromatic rings. The fraction of sp³-hybridized carbons (Fsp3) is 0.265. The lowest BCUT2D eigenvalue weighted by molar-refractivity contribution is -0.286. The largest absolute Gasteiger partial charge is 0.586 e. The average Bonchev–Trinajstić information content (AvgIpc) is 3.72. The van der Waals surface area contributed by atoms with Crippen molar-refractivity contribution in [2.24, 2.45) is 7.05 Å². The van der Waals surface area contributed by atoms with Crippen molar-refractivity contribution < 1.29 is 54.2 Å². The van der Waals surface area contributed by atoms with E-state index < -0.39 is 62.6 Å². The monoisotopic (exact) mass is 732 g/mol. The lowest BCUT2D eigenvalue weighted by Crippen LogP contribution is -2.41. The van der Waals surface area contributed by atoms with Crippen molar-refractivity contribution in [1.82, 2.24) is 20.1 Å². The minimum Gasteiger partial charge on any atom is -0.440 e. The number of rotatable bonds is 9. The molecule has 0 radical (unpaired) electrons. The van der Waals surface area contributed by atoms with Crippen molar-refractivity contribution in [1.29, 1.82) is 0 Å². The lowest BCUT2D eigenvalue weighted by atomic mass is 9.93. The molecule has 17 heteroatoms. The molecule has 3 aromatic carbocycles. The molecule has 0 spiro atoms. The number of amides is 1. The molecule has 268 valence electrons. The van der Waals surface area contributed by atoms with Crippen LogP contribution in [0.1, 0.15) is 31.0 Å². The Morgan fingerprint density at radius 1 is 1.00 bits per heavy atom. The third kappa shape index (κ3) is 6.65. The minimum absolute atomic E-state index is 0.0119. The summed E-state index contributed by atoms with van der Waals surface area (Å²) < 4.78 is 115. The van der Waals surface area contributed by atoms with Crippen LogP contribution in [0.2, 0.25) is 0 Å². The lowest BCUT2D eigenvalue weighted by Gasteiger charge is -2.15. The predicted molar refractivity (Wildman–Crippen MR) is 172 cm³/mol. The van der Waals surface area contributed by atoms with E-state index >= 15 is 13.2 Å². The van der Waals surface area contributed by atoms with E-state index in [0.717, 1.165) is 23.1 Å². The molecular formula is C34H29F5N4O7S. The fourth-order valence-corrected chi connectivity index (χ4v) is 6.59. The van der Waals surface area contributed by atoms with Gasteiger partial charge in [-0.2, -0.15) is 13.9 Å². The molecule has 1 amide bonds.